The first-order valence-corrected chi connectivity index (χ1v) is 16.3. The summed E-state index contributed by atoms with van der Waals surface area (Å²) in [6.07, 6.45) is 29.2. The molecule has 0 heterocycles. The summed E-state index contributed by atoms with van der Waals surface area (Å²) in [7, 11) is 0. The number of aliphatic hydroxyl groups excluding tert-OH is 1. The van der Waals surface area contributed by atoms with Gasteiger partial charge in [0.05, 0.1) is 6.61 Å². The molecule has 0 unspecified atom stereocenters. The molecule has 0 aromatic heterocycles. The van der Waals surface area contributed by atoms with Crippen LogP contribution in [0.1, 0.15) is 155 Å². The van der Waals surface area contributed by atoms with Crippen LogP contribution in [0, 0.1) is 0 Å². The molecule has 0 aromatic rings. The lowest BCUT2D eigenvalue weighted by Crippen LogP contribution is -2.28. The van der Waals surface area contributed by atoms with Gasteiger partial charge >= 0.3 is 11.9 Å². The molecule has 0 aliphatic carbocycles. The molecule has 0 rings (SSSR count). The Morgan fingerprint density at radius 2 is 1.12 bits per heavy atom. The lowest BCUT2D eigenvalue weighted by molar-refractivity contribution is -0.161. The molecule has 0 amide bonds. The van der Waals surface area contributed by atoms with Crippen LogP contribution in [0.3, 0.4) is 0 Å². The highest BCUT2D eigenvalue weighted by Crippen LogP contribution is 2.12. The number of hydrogen-bond acceptors (Lipinski definition) is 6. The molecule has 0 radical (unpaired) electrons. The van der Waals surface area contributed by atoms with E-state index in [4.69, 9.17) is 9.47 Å². The Morgan fingerprint density at radius 1 is 0.625 bits per heavy atom. The van der Waals surface area contributed by atoms with E-state index >= 15 is 0 Å². The van der Waals surface area contributed by atoms with Gasteiger partial charge in [0.15, 0.2) is 11.9 Å². The summed E-state index contributed by atoms with van der Waals surface area (Å²) in [4.78, 5) is 35.7. The number of allylic oxidation sites excluding steroid dienone is 4. The van der Waals surface area contributed by atoms with Gasteiger partial charge in [0.1, 0.15) is 6.61 Å². The number of aliphatic hydroxyl groups is 1. The van der Waals surface area contributed by atoms with Crippen LogP contribution in [0.25, 0.3) is 0 Å². The minimum absolute atomic E-state index is 0.0887. The fourth-order valence-electron chi connectivity index (χ4n) is 4.42. The van der Waals surface area contributed by atoms with Crippen LogP contribution < -0.4 is 0 Å². The zero-order chi connectivity index (χ0) is 29.5. The third-order valence-electron chi connectivity index (χ3n) is 6.97. The highest BCUT2D eigenvalue weighted by molar-refractivity contribution is 5.89. The Kier molecular flexibility index (Phi) is 28.6. The number of unbranched alkanes of at least 4 members (excludes halogenated alkanes) is 16. The molecule has 0 saturated heterocycles. The van der Waals surface area contributed by atoms with E-state index in [1.54, 1.807) is 6.08 Å². The Hall–Kier alpha value is -1.95. The van der Waals surface area contributed by atoms with E-state index in [1.165, 1.54) is 44.9 Å². The van der Waals surface area contributed by atoms with Crippen molar-refractivity contribution in [1.29, 1.82) is 0 Å². The summed E-state index contributed by atoms with van der Waals surface area (Å²) in [5, 5.41) is 9.47. The number of esters is 2. The first-order valence-electron chi connectivity index (χ1n) is 16.3. The molecule has 6 nitrogen and oxygen atoms in total. The summed E-state index contributed by atoms with van der Waals surface area (Å²) in [6, 6.07) is 0. The van der Waals surface area contributed by atoms with Crippen LogP contribution >= 0.6 is 0 Å². The van der Waals surface area contributed by atoms with Gasteiger partial charge in [-0.1, -0.05) is 122 Å². The van der Waals surface area contributed by atoms with Gasteiger partial charge in [-0.05, 0) is 38.2 Å². The molecule has 0 aromatic carbocycles. The van der Waals surface area contributed by atoms with Crippen LogP contribution in [0.5, 0.6) is 0 Å². The van der Waals surface area contributed by atoms with Crippen molar-refractivity contribution in [2.24, 2.45) is 0 Å². The molecule has 0 spiro atoms. The van der Waals surface area contributed by atoms with Gasteiger partial charge in [0.25, 0.3) is 0 Å². The van der Waals surface area contributed by atoms with Gasteiger partial charge in [0.2, 0.25) is 0 Å². The number of ether oxygens (including phenoxy) is 2. The van der Waals surface area contributed by atoms with Gasteiger partial charge in [-0.3, -0.25) is 14.4 Å². The number of carbonyl (C=O) groups excluding carboxylic acids is 3. The fourth-order valence-corrected chi connectivity index (χ4v) is 4.42. The minimum Gasteiger partial charge on any atom is -0.462 e. The van der Waals surface area contributed by atoms with Crippen LogP contribution in [0.2, 0.25) is 0 Å². The second-order valence-electron chi connectivity index (χ2n) is 10.9. The van der Waals surface area contributed by atoms with E-state index in [0.29, 0.717) is 19.3 Å². The van der Waals surface area contributed by atoms with Gasteiger partial charge < -0.3 is 14.6 Å². The molecule has 6 heteroatoms. The topological polar surface area (TPSA) is 89.9 Å². The maximum absolute atomic E-state index is 12.1. The van der Waals surface area contributed by atoms with Crippen molar-refractivity contribution in [2.75, 3.05) is 13.2 Å². The molecular formula is C34H60O6. The molecule has 0 aliphatic rings. The largest absolute Gasteiger partial charge is 0.462 e. The Bertz CT molecular complexity index is 669. The predicted molar refractivity (Wildman–Crippen MR) is 164 cm³/mol. The van der Waals surface area contributed by atoms with Crippen LogP contribution in [-0.2, 0) is 23.9 Å². The van der Waals surface area contributed by atoms with Crippen molar-refractivity contribution in [3.8, 4) is 0 Å². The maximum Gasteiger partial charge on any atom is 0.306 e. The molecule has 0 fully saturated rings. The lowest BCUT2D eigenvalue weighted by atomic mass is 10.1. The molecular weight excluding hydrogens is 504 g/mol. The smallest absolute Gasteiger partial charge is 0.306 e. The third-order valence-corrected chi connectivity index (χ3v) is 6.97. The normalized spacial score (nSPS) is 12.3. The van der Waals surface area contributed by atoms with Gasteiger partial charge in [-0.2, -0.15) is 0 Å². The van der Waals surface area contributed by atoms with Crippen molar-refractivity contribution in [1.82, 2.24) is 0 Å². The van der Waals surface area contributed by atoms with Crippen molar-refractivity contribution < 1.29 is 29.0 Å². The number of ketones is 1. The fraction of sp³-hybridized carbons (Fsp3) is 0.794. The second-order valence-corrected chi connectivity index (χ2v) is 10.9. The van der Waals surface area contributed by atoms with Gasteiger partial charge in [-0.25, -0.2) is 0 Å². The summed E-state index contributed by atoms with van der Waals surface area (Å²) in [5.74, 6) is -0.456. The van der Waals surface area contributed by atoms with E-state index in [2.05, 4.69) is 19.9 Å². The molecule has 0 aliphatic heterocycles. The quantitative estimate of drug-likeness (QED) is 0.0423. The van der Waals surface area contributed by atoms with Gasteiger partial charge in [-0.15, -0.1) is 0 Å². The maximum atomic E-state index is 12.1. The monoisotopic (exact) mass is 564 g/mol. The van der Waals surface area contributed by atoms with Crippen molar-refractivity contribution >= 4 is 17.7 Å². The summed E-state index contributed by atoms with van der Waals surface area (Å²) in [5.41, 5.74) is 0. The standard InChI is InChI=1S/C34H60O6/c1-3-5-7-8-9-10-13-16-19-23-27-33(37)39-30-32(29-35)40-34(38)28-24-20-17-14-11-12-15-18-22-26-31(36)25-21-6-4-2/h15,18,22,26,32,35H,3-14,16-17,19-21,23-25,27-30H2,1-2H3/b18-15-,26-22+/t32-/m0/s1. The van der Waals surface area contributed by atoms with Crippen molar-refractivity contribution in [2.45, 2.75) is 161 Å². The van der Waals surface area contributed by atoms with Crippen LogP contribution in [0.15, 0.2) is 24.3 Å². The second kappa shape index (κ2) is 30.0. The average molecular weight is 565 g/mol. The summed E-state index contributed by atoms with van der Waals surface area (Å²) < 4.78 is 10.5. The van der Waals surface area contributed by atoms with E-state index in [-0.39, 0.29) is 30.9 Å². The highest BCUT2D eigenvalue weighted by atomic mass is 16.6. The van der Waals surface area contributed by atoms with E-state index < -0.39 is 6.10 Å². The molecule has 1 atom stereocenters. The zero-order valence-electron chi connectivity index (χ0n) is 25.8. The highest BCUT2D eigenvalue weighted by Gasteiger charge is 2.16. The van der Waals surface area contributed by atoms with Gasteiger partial charge in [0, 0.05) is 19.3 Å². The van der Waals surface area contributed by atoms with E-state index in [9.17, 15) is 19.5 Å². The Morgan fingerprint density at radius 3 is 1.73 bits per heavy atom. The first kappa shape index (κ1) is 38.0. The number of hydrogen-bond donors (Lipinski definition) is 1. The van der Waals surface area contributed by atoms with Crippen molar-refractivity contribution in [3.05, 3.63) is 24.3 Å². The molecule has 232 valence electrons. The third kappa shape index (κ3) is 27.6. The average Bonchev–Trinajstić information content (AvgIpc) is 2.95. The first-order chi connectivity index (χ1) is 19.5. The number of rotatable bonds is 29. The predicted octanol–water partition coefficient (Wildman–Crippen LogP) is 8.74. The number of carbonyl (C=O) groups is 3. The van der Waals surface area contributed by atoms with E-state index in [1.807, 2.05) is 12.2 Å². The summed E-state index contributed by atoms with van der Waals surface area (Å²) in [6.45, 7) is 3.92. The zero-order valence-corrected chi connectivity index (χ0v) is 25.8. The van der Waals surface area contributed by atoms with Crippen molar-refractivity contribution in [3.63, 3.8) is 0 Å². The molecule has 0 saturated carbocycles. The molecule has 1 N–H and O–H groups in total. The Balaban J connectivity index is 3.68. The SMILES string of the molecule is CCCCCCCCCCCCC(=O)OC[C@H](CO)OC(=O)CCCCCCC/C=C\C=C\C(=O)CCCCC. The van der Waals surface area contributed by atoms with Crippen LogP contribution in [0.4, 0.5) is 0 Å². The van der Waals surface area contributed by atoms with Crippen LogP contribution in [-0.4, -0.2) is 42.1 Å². The lowest BCUT2D eigenvalue weighted by Gasteiger charge is -2.15. The minimum atomic E-state index is -0.795. The summed E-state index contributed by atoms with van der Waals surface area (Å²) >= 11 is 0. The molecule has 40 heavy (non-hydrogen) atoms. The van der Waals surface area contributed by atoms with E-state index in [0.717, 1.165) is 77.0 Å². The molecule has 0 bridgehead atoms. The Labute approximate surface area is 245 Å².